The molecule has 0 amide bonds. The Morgan fingerprint density at radius 3 is 2.70 bits per heavy atom. The van der Waals surface area contributed by atoms with Crippen molar-refractivity contribution in [3.05, 3.63) is 45.5 Å². The highest BCUT2D eigenvalue weighted by Crippen LogP contribution is 2.21. The molecule has 1 heterocycles. The number of nitrogens with zero attached hydrogens (tertiary/aromatic N) is 1. The van der Waals surface area contributed by atoms with Gasteiger partial charge in [0.2, 0.25) is 0 Å². The zero-order valence-electron chi connectivity index (χ0n) is 11.1. The van der Waals surface area contributed by atoms with Gasteiger partial charge < -0.3 is 10.5 Å². The van der Waals surface area contributed by atoms with E-state index in [4.69, 9.17) is 10.5 Å². The second kappa shape index (κ2) is 5.20. The van der Waals surface area contributed by atoms with E-state index in [9.17, 15) is 14.0 Å². The monoisotopic (exact) mass is 279 g/mol. The van der Waals surface area contributed by atoms with Gasteiger partial charge in [0.05, 0.1) is 12.2 Å². The molecule has 0 saturated carbocycles. The van der Waals surface area contributed by atoms with E-state index >= 15 is 0 Å². The summed E-state index contributed by atoms with van der Waals surface area (Å²) in [6.45, 7) is 3.49. The van der Waals surface area contributed by atoms with Crippen LogP contribution in [0.15, 0.2) is 23.0 Å². The van der Waals surface area contributed by atoms with Crippen LogP contribution in [0.1, 0.15) is 22.8 Å². The number of carbonyl (C=O) groups is 1. The number of hydrogen-bond acceptors (Lipinski definition) is 4. The average molecular weight is 279 g/mol. The van der Waals surface area contributed by atoms with E-state index in [1.54, 1.807) is 13.8 Å². The lowest BCUT2D eigenvalue weighted by atomic mass is 10.1. The largest absolute Gasteiger partial charge is 0.462 e. The molecule has 0 spiro atoms. The van der Waals surface area contributed by atoms with Gasteiger partial charge in [-0.2, -0.15) is 0 Å². The molecule has 0 radical (unpaired) electrons. The number of nitrogen functional groups attached to an aromatic ring is 1. The van der Waals surface area contributed by atoms with Crippen molar-refractivity contribution in [1.29, 1.82) is 0 Å². The van der Waals surface area contributed by atoms with E-state index in [1.165, 1.54) is 12.1 Å². The van der Waals surface area contributed by atoms with Crippen molar-refractivity contribution in [2.24, 2.45) is 0 Å². The molecule has 0 aliphatic rings. The fourth-order valence-corrected chi connectivity index (χ4v) is 1.87. The normalized spacial score (nSPS) is 10.6. The Morgan fingerprint density at radius 2 is 2.15 bits per heavy atom. The number of H-pyrrole nitrogens is 1. The molecule has 2 aromatic rings. The zero-order chi connectivity index (χ0) is 14.9. The second-order valence-electron chi connectivity index (χ2n) is 4.22. The van der Waals surface area contributed by atoms with Gasteiger partial charge in [0, 0.05) is 6.07 Å². The van der Waals surface area contributed by atoms with Crippen LogP contribution in [0.4, 0.5) is 10.2 Å². The molecule has 7 heteroatoms. The van der Waals surface area contributed by atoms with E-state index in [0.29, 0.717) is 5.56 Å². The predicted molar refractivity (Wildman–Crippen MR) is 71.5 cm³/mol. The summed E-state index contributed by atoms with van der Waals surface area (Å²) in [5, 5.41) is 2.36. The van der Waals surface area contributed by atoms with Gasteiger partial charge in [-0.15, -0.1) is 0 Å². The van der Waals surface area contributed by atoms with Crippen molar-refractivity contribution >= 4 is 11.8 Å². The zero-order valence-corrected chi connectivity index (χ0v) is 11.1. The molecule has 0 aliphatic carbocycles. The Kier molecular flexibility index (Phi) is 3.60. The fraction of sp³-hybridized carbons (Fsp3) is 0.231. The van der Waals surface area contributed by atoms with Crippen LogP contribution in [0.25, 0.3) is 5.69 Å². The van der Waals surface area contributed by atoms with E-state index in [0.717, 1.165) is 10.7 Å². The van der Waals surface area contributed by atoms with E-state index in [2.05, 4.69) is 5.10 Å². The maximum Gasteiger partial charge on any atom is 0.338 e. The van der Waals surface area contributed by atoms with E-state index in [-0.39, 0.29) is 23.7 Å². The smallest absolute Gasteiger partial charge is 0.338 e. The van der Waals surface area contributed by atoms with Crippen molar-refractivity contribution in [3.8, 4) is 5.69 Å². The molecule has 0 unspecified atom stereocenters. The molecule has 0 saturated heterocycles. The highest BCUT2D eigenvalue weighted by molar-refractivity contribution is 5.91. The van der Waals surface area contributed by atoms with Gasteiger partial charge in [0.15, 0.2) is 0 Å². The summed E-state index contributed by atoms with van der Waals surface area (Å²) in [5.41, 5.74) is 5.80. The number of rotatable bonds is 3. The van der Waals surface area contributed by atoms with Crippen molar-refractivity contribution in [2.45, 2.75) is 13.8 Å². The highest BCUT2D eigenvalue weighted by Gasteiger charge is 2.17. The van der Waals surface area contributed by atoms with E-state index < -0.39 is 17.3 Å². The number of ether oxygens (including phenoxy) is 1. The first-order chi connectivity index (χ1) is 9.43. The van der Waals surface area contributed by atoms with Crippen LogP contribution < -0.4 is 11.3 Å². The molecule has 2 rings (SSSR count). The molecule has 0 bridgehead atoms. The van der Waals surface area contributed by atoms with Gasteiger partial charge in [0.25, 0.3) is 5.56 Å². The van der Waals surface area contributed by atoms with Gasteiger partial charge in [-0.1, -0.05) is 0 Å². The number of aromatic amines is 1. The van der Waals surface area contributed by atoms with Crippen molar-refractivity contribution in [1.82, 2.24) is 9.78 Å². The third kappa shape index (κ3) is 2.42. The molecule has 6 nitrogen and oxygen atoms in total. The van der Waals surface area contributed by atoms with Gasteiger partial charge in [0.1, 0.15) is 17.3 Å². The number of anilines is 1. The summed E-state index contributed by atoms with van der Waals surface area (Å²) < 4.78 is 20.0. The molecule has 1 aromatic heterocycles. The quantitative estimate of drug-likeness (QED) is 0.830. The number of carbonyl (C=O) groups excluding carboxylic acids is 1. The van der Waals surface area contributed by atoms with Crippen LogP contribution in [0, 0.1) is 12.7 Å². The molecular formula is C13H14FN3O3. The predicted octanol–water partition coefficient (Wildman–Crippen LogP) is 1.37. The number of nitrogens with two attached hydrogens (primary N) is 1. The fourth-order valence-electron chi connectivity index (χ4n) is 1.87. The minimum Gasteiger partial charge on any atom is -0.462 e. The molecule has 1 aromatic carbocycles. The van der Waals surface area contributed by atoms with Crippen LogP contribution in [-0.2, 0) is 4.74 Å². The number of halogens is 1. The number of benzene rings is 1. The number of aryl methyl sites for hydroxylation is 1. The topological polar surface area (TPSA) is 90.1 Å². The SMILES string of the molecule is CCOC(=O)c1cc(-n2[nH]c(=O)cc2N)c(F)cc1C. The lowest BCUT2D eigenvalue weighted by Gasteiger charge is -2.11. The van der Waals surface area contributed by atoms with Crippen LogP contribution in [-0.4, -0.2) is 22.4 Å². The summed E-state index contributed by atoms with van der Waals surface area (Å²) in [4.78, 5) is 23.0. The number of esters is 1. The standard InChI is InChI=1S/C13H14FN3O3/c1-3-20-13(19)8-5-10(9(14)4-7(8)2)17-11(15)6-12(18)16-17/h4-6H,3,15H2,1-2H3,(H,16,18). The Labute approximate surface area is 113 Å². The Balaban J connectivity index is 2.60. The minimum absolute atomic E-state index is 0.0155. The Hall–Kier alpha value is -2.57. The number of nitrogens with one attached hydrogen (secondary N) is 1. The van der Waals surface area contributed by atoms with Gasteiger partial charge in [-0.3, -0.25) is 9.89 Å². The van der Waals surface area contributed by atoms with Crippen LogP contribution >= 0.6 is 0 Å². The second-order valence-corrected chi connectivity index (χ2v) is 4.22. The van der Waals surface area contributed by atoms with Gasteiger partial charge >= 0.3 is 5.97 Å². The first kappa shape index (κ1) is 13.9. The maximum atomic E-state index is 14.0. The summed E-state index contributed by atoms with van der Waals surface area (Å²) in [5.74, 6) is -1.11. The first-order valence-corrected chi connectivity index (χ1v) is 5.99. The molecule has 0 atom stereocenters. The number of aromatic nitrogens is 2. The van der Waals surface area contributed by atoms with Gasteiger partial charge in [-0.25, -0.2) is 13.9 Å². The third-order valence-corrected chi connectivity index (χ3v) is 2.79. The van der Waals surface area contributed by atoms with Crippen molar-refractivity contribution in [3.63, 3.8) is 0 Å². The molecular weight excluding hydrogens is 265 g/mol. The molecule has 20 heavy (non-hydrogen) atoms. The Morgan fingerprint density at radius 1 is 1.45 bits per heavy atom. The maximum absolute atomic E-state index is 14.0. The summed E-state index contributed by atoms with van der Waals surface area (Å²) in [6, 6.07) is 3.62. The summed E-state index contributed by atoms with van der Waals surface area (Å²) >= 11 is 0. The van der Waals surface area contributed by atoms with Crippen molar-refractivity contribution in [2.75, 3.05) is 12.3 Å². The third-order valence-electron chi connectivity index (χ3n) is 2.79. The molecule has 0 aliphatic heterocycles. The van der Waals surface area contributed by atoms with Crippen LogP contribution in [0.2, 0.25) is 0 Å². The number of hydrogen-bond donors (Lipinski definition) is 2. The lowest BCUT2D eigenvalue weighted by Crippen LogP contribution is -2.12. The summed E-state index contributed by atoms with van der Waals surface area (Å²) in [7, 11) is 0. The van der Waals surface area contributed by atoms with E-state index in [1.807, 2.05) is 0 Å². The summed E-state index contributed by atoms with van der Waals surface area (Å²) in [6.07, 6.45) is 0. The Bertz CT molecular complexity index is 718. The first-order valence-electron chi connectivity index (χ1n) is 5.99. The highest BCUT2D eigenvalue weighted by atomic mass is 19.1. The van der Waals surface area contributed by atoms with Crippen molar-refractivity contribution < 1.29 is 13.9 Å². The van der Waals surface area contributed by atoms with Crippen LogP contribution in [0.3, 0.4) is 0 Å². The average Bonchev–Trinajstić information content (AvgIpc) is 2.68. The molecule has 106 valence electrons. The minimum atomic E-state index is -0.603. The molecule has 0 fully saturated rings. The van der Waals surface area contributed by atoms with Crippen LogP contribution in [0.5, 0.6) is 0 Å². The molecule has 3 N–H and O–H groups in total. The lowest BCUT2D eigenvalue weighted by molar-refractivity contribution is 0.0525. The van der Waals surface area contributed by atoms with Gasteiger partial charge in [-0.05, 0) is 31.5 Å².